The van der Waals surface area contributed by atoms with E-state index < -0.39 is 29.6 Å². The highest BCUT2D eigenvalue weighted by molar-refractivity contribution is 5.89. The first-order chi connectivity index (χ1) is 11.5. The zero-order valence-electron chi connectivity index (χ0n) is 12.8. The number of hydrogen-bond donors (Lipinski definition) is 1. The normalized spacial score (nSPS) is 11.6. The van der Waals surface area contributed by atoms with Crippen LogP contribution in [0.15, 0.2) is 48.5 Å². The molecule has 24 heavy (non-hydrogen) atoms. The first kappa shape index (κ1) is 17.6. The maximum Gasteiger partial charge on any atom is 0.356 e. The lowest BCUT2D eigenvalue weighted by molar-refractivity contribution is -0.146. The van der Waals surface area contributed by atoms with Gasteiger partial charge < -0.3 is 9.57 Å². The first-order valence-corrected chi connectivity index (χ1v) is 7.04. The van der Waals surface area contributed by atoms with Crippen molar-refractivity contribution in [3.63, 3.8) is 0 Å². The van der Waals surface area contributed by atoms with Crippen LogP contribution in [-0.2, 0) is 20.8 Å². The maximum absolute atomic E-state index is 13.2. The Labute approximate surface area is 137 Å². The molecule has 0 aromatic heterocycles. The van der Waals surface area contributed by atoms with Crippen molar-refractivity contribution in [1.29, 1.82) is 0 Å². The zero-order chi connectivity index (χ0) is 17.5. The van der Waals surface area contributed by atoms with Crippen molar-refractivity contribution in [3.05, 3.63) is 71.3 Å². The summed E-state index contributed by atoms with van der Waals surface area (Å²) < 4.78 is 31.1. The van der Waals surface area contributed by atoms with Crippen molar-refractivity contribution in [3.8, 4) is 0 Å². The molecule has 0 bridgehead atoms. The molecule has 0 saturated heterocycles. The van der Waals surface area contributed by atoms with Gasteiger partial charge in [-0.25, -0.2) is 13.6 Å². The number of hydrogen-bond acceptors (Lipinski definition) is 5. The van der Waals surface area contributed by atoms with Gasteiger partial charge in [0.1, 0.15) is 17.7 Å². The Morgan fingerprint density at radius 1 is 1.08 bits per heavy atom. The number of hydroxylamine groups is 1. The monoisotopic (exact) mass is 335 g/mol. The van der Waals surface area contributed by atoms with Gasteiger partial charge in [-0.2, -0.15) is 0 Å². The van der Waals surface area contributed by atoms with Crippen LogP contribution in [0.4, 0.5) is 8.78 Å². The molecule has 0 fully saturated rings. The number of nitrogens with one attached hydrogen (secondary N) is 1. The molecule has 126 valence electrons. The summed E-state index contributed by atoms with van der Waals surface area (Å²) in [7, 11) is 1.15. The molecule has 0 spiro atoms. The average molecular weight is 335 g/mol. The average Bonchev–Trinajstić information content (AvgIpc) is 2.57. The molecule has 2 aromatic rings. The molecule has 0 unspecified atom stereocenters. The molecular formula is C17H15F2NO4. The molecule has 0 aliphatic heterocycles. The molecule has 2 aromatic carbocycles. The third kappa shape index (κ3) is 4.85. The molecular weight excluding hydrogens is 320 g/mol. The highest BCUT2D eigenvalue weighted by Crippen LogP contribution is 2.11. The van der Waals surface area contributed by atoms with Gasteiger partial charge in [0.05, 0.1) is 12.7 Å². The topological polar surface area (TPSA) is 64.6 Å². The Bertz CT molecular complexity index is 702. The van der Waals surface area contributed by atoms with E-state index in [1.165, 1.54) is 0 Å². The minimum Gasteiger partial charge on any atom is -0.468 e. The lowest BCUT2D eigenvalue weighted by Gasteiger charge is -2.16. The van der Waals surface area contributed by atoms with Crippen LogP contribution < -0.4 is 5.48 Å². The van der Waals surface area contributed by atoms with E-state index in [1.54, 1.807) is 30.3 Å². The van der Waals surface area contributed by atoms with Gasteiger partial charge in [-0.05, 0) is 29.8 Å². The second-order valence-corrected chi connectivity index (χ2v) is 4.93. The SMILES string of the molecule is COC(=O)[C@H](Cc1cc(F)cc(F)c1)NOC(=O)c1ccccc1. The number of ether oxygens (including phenoxy) is 1. The van der Waals surface area contributed by atoms with Crippen LogP contribution in [-0.4, -0.2) is 25.1 Å². The van der Waals surface area contributed by atoms with E-state index in [-0.39, 0.29) is 17.5 Å². The van der Waals surface area contributed by atoms with Gasteiger partial charge in [-0.3, -0.25) is 4.79 Å². The molecule has 0 aliphatic carbocycles. The van der Waals surface area contributed by atoms with Gasteiger partial charge in [-0.1, -0.05) is 18.2 Å². The molecule has 5 nitrogen and oxygen atoms in total. The third-order valence-corrected chi connectivity index (χ3v) is 3.15. The van der Waals surface area contributed by atoms with Crippen LogP contribution in [0, 0.1) is 11.6 Å². The number of halogens is 2. The van der Waals surface area contributed by atoms with Crippen molar-refractivity contribution >= 4 is 11.9 Å². The van der Waals surface area contributed by atoms with Gasteiger partial charge in [0.15, 0.2) is 0 Å². The molecule has 0 saturated carbocycles. The van der Waals surface area contributed by atoms with Crippen molar-refractivity contribution in [2.24, 2.45) is 0 Å². The number of carbonyl (C=O) groups is 2. The zero-order valence-corrected chi connectivity index (χ0v) is 12.8. The van der Waals surface area contributed by atoms with E-state index in [2.05, 4.69) is 10.2 Å². The van der Waals surface area contributed by atoms with Crippen molar-refractivity contribution < 1.29 is 27.9 Å². The Morgan fingerprint density at radius 3 is 2.29 bits per heavy atom. The van der Waals surface area contributed by atoms with Crippen LogP contribution in [0.5, 0.6) is 0 Å². The van der Waals surface area contributed by atoms with E-state index >= 15 is 0 Å². The Hall–Kier alpha value is -2.80. The lowest BCUT2D eigenvalue weighted by atomic mass is 10.1. The minimum absolute atomic E-state index is 0.122. The summed E-state index contributed by atoms with van der Waals surface area (Å²) in [5.74, 6) is -2.97. The van der Waals surface area contributed by atoms with Gasteiger partial charge >= 0.3 is 11.9 Å². The summed E-state index contributed by atoms with van der Waals surface area (Å²) in [4.78, 5) is 28.5. The number of rotatable bonds is 6. The van der Waals surface area contributed by atoms with E-state index in [0.717, 1.165) is 25.3 Å². The molecule has 0 amide bonds. The molecule has 1 N–H and O–H groups in total. The molecule has 2 rings (SSSR count). The largest absolute Gasteiger partial charge is 0.468 e. The Balaban J connectivity index is 2.06. The van der Waals surface area contributed by atoms with Crippen LogP contribution >= 0.6 is 0 Å². The number of esters is 1. The summed E-state index contributed by atoms with van der Waals surface area (Å²) >= 11 is 0. The van der Waals surface area contributed by atoms with Gasteiger partial charge in [0.2, 0.25) is 0 Å². The number of benzene rings is 2. The second kappa shape index (κ2) is 8.16. The van der Waals surface area contributed by atoms with Crippen LogP contribution in [0.1, 0.15) is 15.9 Å². The van der Waals surface area contributed by atoms with Crippen molar-refractivity contribution in [2.75, 3.05) is 7.11 Å². The molecule has 1 atom stereocenters. The van der Waals surface area contributed by atoms with Crippen molar-refractivity contribution in [2.45, 2.75) is 12.5 Å². The number of methoxy groups -OCH3 is 1. The number of carbonyl (C=O) groups excluding carboxylic acids is 2. The summed E-state index contributed by atoms with van der Waals surface area (Å²) in [6.07, 6.45) is -0.122. The van der Waals surface area contributed by atoms with E-state index in [1.807, 2.05) is 0 Å². The van der Waals surface area contributed by atoms with Gasteiger partial charge in [-0.15, -0.1) is 5.48 Å². The fraction of sp³-hybridized carbons (Fsp3) is 0.176. The molecule has 0 aliphatic rings. The quantitative estimate of drug-likeness (QED) is 0.649. The Kier molecular flexibility index (Phi) is 5.97. The minimum atomic E-state index is -1.11. The molecule has 0 radical (unpaired) electrons. The van der Waals surface area contributed by atoms with Gasteiger partial charge in [0, 0.05) is 12.5 Å². The summed E-state index contributed by atoms with van der Waals surface area (Å²) in [6.45, 7) is 0. The van der Waals surface area contributed by atoms with Crippen LogP contribution in [0.3, 0.4) is 0 Å². The molecule has 0 heterocycles. The van der Waals surface area contributed by atoms with E-state index in [9.17, 15) is 18.4 Å². The molecule has 7 heteroatoms. The van der Waals surface area contributed by atoms with Crippen LogP contribution in [0.25, 0.3) is 0 Å². The van der Waals surface area contributed by atoms with E-state index in [0.29, 0.717) is 0 Å². The third-order valence-electron chi connectivity index (χ3n) is 3.15. The van der Waals surface area contributed by atoms with Gasteiger partial charge in [0.25, 0.3) is 0 Å². The maximum atomic E-state index is 13.2. The Morgan fingerprint density at radius 2 is 1.71 bits per heavy atom. The second-order valence-electron chi connectivity index (χ2n) is 4.93. The summed E-state index contributed by atoms with van der Waals surface area (Å²) in [5.41, 5.74) is 2.78. The first-order valence-electron chi connectivity index (χ1n) is 7.04. The standard InChI is InChI=1S/C17H15F2NO4/c1-23-17(22)15(9-11-7-13(18)10-14(19)8-11)20-24-16(21)12-5-3-2-4-6-12/h2-8,10,15,20H,9H2,1H3/t15-/m0/s1. The summed E-state index contributed by atoms with van der Waals surface area (Å²) in [5, 5.41) is 0. The summed E-state index contributed by atoms with van der Waals surface area (Å²) in [6, 6.07) is 9.91. The predicted molar refractivity (Wildman–Crippen MR) is 80.9 cm³/mol. The highest BCUT2D eigenvalue weighted by Gasteiger charge is 2.22. The smallest absolute Gasteiger partial charge is 0.356 e. The van der Waals surface area contributed by atoms with Crippen LogP contribution in [0.2, 0.25) is 0 Å². The predicted octanol–water partition coefficient (Wildman–Crippen LogP) is 2.41. The fourth-order valence-electron chi connectivity index (χ4n) is 2.04. The fourth-order valence-corrected chi connectivity index (χ4v) is 2.04. The van der Waals surface area contributed by atoms with Crippen molar-refractivity contribution in [1.82, 2.24) is 5.48 Å². The highest BCUT2D eigenvalue weighted by atomic mass is 19.1. The lowest BCUT2D eigenvalue weighted by Crippen LogP contribution is -2.40. The van der Waals surface area contributed by atoms with E-state index in [4.69, 9.17) is 4.84 Å².